The summed E-state index contributed by atoms with van der Waals surface area (Å²) >= 11 is 0. The minimum absolute atomic E-state index is 0.830. The van der Waals surface area contributed by atoms with E-state index in [2.05, 4.69) is 0 Å². The van der Waals surface area contributed by atoms with Crippen molar-refractivity contribution in [1.29, 1.82) is 0 Å². The first-order valence-electron chi connectivity index (χ1n) is 4.23. The van der Waals surface area contributed by atoms with Gasteiger partial charge in [-0.2, -0.15) is 0 Å². The molecule has 2 aliphatic rings. The summed E-state index contributed by atoms with van der Waals surface area (Å²) in [7, 11) is 0. The van der Waals surface area contributed by atoms with Gasteiger partial charge in [0.05, 0.1) is 0 Å². The lowest BCUT2D eigenvalue weighted by molar-refractivity contribution is 0.654. The molecular formula is C11H12N2. The van der Waals surface area contributed by atoms with Crippen LogP contribution in [0.4, 0.5) is 0 Å². The third kappa shape index (κ3) is 1.41. The summed E-state index contributed by atoms with van der Waals surface area (Å²) < 4.78 is 0. The van der Waals surface area contributed by atoms with Gasteiger partial charge in [0.1, 0.15) is 5.66 Å². The van der Waals surface area contributed by atoms with Crippen molar-refractivity contribution in [2.24, 2.45) is 11.5 Å². The van der Waals surface area contributed by atoms with Gasteiger partial charge in [0.2, 0.25) is 0 Å². The third-order valence-electron chi connectivity index (χ3n) is 2.19. The van der Waals surface area contributed by atoms with Gasteiger partial charge < -0.3 is 11.5 Å². The van der Waals surface area contributed by atoms with Crippen molar-refractivity contribution in [3.05, 3.63) is 59.8 Å². The second-order valence-electron chi connectivity index (χ2n) is 3.24. The quantitative estimate of drug-likeness (QED) is 0.538. The van der Waals surface area contributed by atoms with E-state index in [1.54, 1.807) is 6.08 Å². The predicted molar refractivity (Wildman–Crippen MR) is 54.7 cm³/mol. The molecule has 0 atom stereocenters. The first kappa shape index (κ1) is 8.23. The lowest BCUT2D eigenvalue weighted by atomic mass is 9.89. The first-order valence-corrected chi connectivity index (χ1v) is 4.23. The molecule has 0 aromatic rings. The fourth-order valence-electron chi connectivity index (χ4n) is 1.50. The van der Waals surface area contributed by atoms with Gasteiger partial charge in [0.25, 0.3) is 0 Å². The van der Waals surface area contributed by atoms with E-state index in [1.165, 1.54) is 0 Å². The van der Waals surface area contributed by atoms with Gasteiger partial charge in [-0.05, 0) is 17.2 Å². The molecule has 0 unspecified atom stereocenters. The Morgan fingerprint density at radius 3 is 2.62 bits per heavy atom. The van der Waals surface area contributed by atoms with E-state index in [0.717, 1.165) is 11.1 Å². The van der Waals surface area contributed by atoms with Gasteiger partial charge in [-0.3, -0.25) is 0 Å². The zero-order valence-corrected chi connectivity index (χ0v) is 7.27. The largest absolute Gasteiger partial charge is 0.306 e. The van der Waals surface area contributed by atoms with Crippen molar-refractivity contribution < 1.29 is 0 Å². The second kappa shape index (κ2) is 2.83. The first-order chi connectivity index (χ1) is 6.20. The van der Waals surface area contributed by atoms with E-state index in [0.29, 0.717) is 0 Å². The van der Waals surface area contributed by atoms with Gasteiger partial charge in [-0.25, -0.2) is 0 Å². The lowest BCUT2D eigenvalue weighted by Gasteiger charge is -2.27. The highest BCUT2D eigenvalue weighted by Crippen LogP contribution is 2.26. The minimum Gasteiger partial charge on any atom is -0.306 e. The van der Waals surface area contributed by atoms with Crippen molar-refractivity contribution in [1.82, 2.24) is 0 Å². The van der Waals surface area contributed by atoms with Crippen LogP contribution in [0.25, 0.3) is 0 Å². The van der Waals surface area contributed by atoms with E-state index in [1.807, 2.05) is 42.5 Å². The molecule has 0 fully saturated rings. The molecule has 0 spiro atoms. The molecule has 0 aromatic carbocycles. The zero-order chi connectivity index (χ0) is 9.31. The van der Waals surface area contributed by atoms with E-state index >= 15 is 0 Å². The Kier molecular flexibility index (Phi) is 1.79. The maximum atomic E-state index is 5.92. The van der Waals surface area contributed by atoms with Crippen LogP contribution in [0.15, 0.2) is 59.8 Å². The summed E-state index contributed by atoms with van der Waals surface area (Å²) in [5.41, 5.74) is 13.0. The SMILES string of the molecule is NC1(N)C=CC=C2C=CC=CC=C21. The van der Waals surface area contributed by atoms with Crippen LogP contribution >= 0.6 is 0 Å². The van der Waals surface area contributed by atoms with Crippen LogP contribution < -0.4 is 11.5 Å². The topological polar surface area (TPSA) is 52.0 Å². The van der Waals surface area contributed by atoms with Crippen LogP contribution in [-0.2, 0) is 0 Å². The van der Waals surface area contributed by atoms with Crippen LogP contribution in [0.3, 0.4) is 0 Å². The average molecular weight is 172 g/mol. The maximum Gasteiger partial charge on any atom is 0.110 e. The molecule has 0 amide bonds. The number of fused-ring (bicyclic) bond motifs is 1. The van der Waals surface area contributed by atoms with Crippen LogP contribution in [0.2, 0.25) is 0 Å². The molecule has 0 aromatic heterocycles. The van der Waals surface area contributed by atoms with Gasteiger partial charge in [-0.15, -0.1) is 0 Å². The number of rotatable bonds is 0. The van der Waals surface area contributed by atoms with Crippen molar-refractivity contribution in [3.8, 4) is 0 Å². The van der Waals surface area contributed by atoms with Crippen molar-refractivity contribution in [3.63, 3.8) is 0 Å². The second-order valence-corrected chi connectivity index (χ2v) is 3.24. The fourth-order valence-corrected chi connectivity index (χ4v) is 1.50. The smallest absolute Gasteiger partial charge is 0.110 e. The third-order valence-corrected chi connectivity index (χ3v) is 2.19. The van der Waals surface area contributed by atoms with Gasteiger partial charge >= 0.3 is 0 Å². The Morgan fingerprint density at radius 2 is 1.77 bits per heavy atom. The molecule has 2 rings (SSSR count). The highest BCUT2D eigenvalue weighted by Gasteiger charge is 2.25. The predicted octanol–water partition coefficient (Wildman–Crippen LogP) is 1.15. The molecule has 0 radical (unpaired) electrons. The van der Waals surface area contributed by atoms with E-state index < -0.39 is 5.66 Å². The fraction of sp³-hybridized carbons (Fsp3) is 0.0909. The molecule has 66 valence electrons. The molecule has 2 nitrogen and oxygen atoms in total. The Morgan fingerprint density at radius 1 is 0.923 bits per heavy atom. The summed E-state index contributed by atoms with van der Waals surface area (Å²) in [4.78, 5) is 0. The van der Waals surface area contributed by atoms with Crippen LogP contribution in [-0.4, -0.2) is 5.66 Å². The summed E-state index contributed by atoms with van der Waals surface area (Å²) in [6.07, 6.45) is 15.5. The zero-order valence-electron chi connectivity index (χ0n) is 7.27. The molecule has 0 aliphatic heterocycles. The van der Waals surface area contributed by atoms with Crippen LogP contribution in [0.5, 0.6) is 0 Å². The highest BCUT2D eigenvalue weighted by molar-refractivity contribution is 5.55. The summed E-state index contributed by atoms with van der Waals surface area (Å²) in [5.74, 6) is 0. The molecule has 4 N–H and O–H groups in total. The minimum atomic E-state index is -0.830. The standard InChI is InChI=1S/C11H12N2/c12-11(13)8-4-6-9-5-2-1-3-7-10(9)11/h1-8H,12-13H2. The molecule has 13 heavy (non-hydrogen) atoms. The number of nitrogens with two attached hydrogens (primary N) is 2. The van der Waals surface area contributed by atoms with Crippen molar-refractivity contribution >= 4 is 0 Å². The van der Waals surface area contributed by atoms with E-state index in [-0.39, 0.29) is 0 Å². The monoisotopic (exact) mass is 172 g/mol. The summed E-state index contributed by atoms with van der Waals surface area (Å²) in [6, 6.07) is 0. The average Bonchev–Trinajstić information content (AvgIpc) is 2.29. The highest BCUT2D eigenvalue weighted by atomic mass is 14.9. The molecule has 0 bridgehead atoms. The Bertz CT molecular complexity index is 366. The molecule has 0 heterocycles. The van der Waals surface area contributed by atoms with E-state index in [4.69, 9.17) is 11.5 Å². The van der Waals surface area contributed by atoms with Crippen LogP contribution in [0.1, 0.15) is 0 Å². The number of hydrogen-bond donors (Lipinski definition) is 2. The van der Waals surface area contributed by atoms with Crippen molar-refractivity contribution in [2.75, 3.05) is 0 Å². The van der Waals surface area contributed by atoms with Gasteiger partial charge in [-0.1, -0.05) is 42.5 Å². The molecule has 0 saturated heterocycles. The van der Waals surface area contributed by atoms with E-state index in [9.17, 15) is 0 Å². The normalized spacial score (nSPS) is 23.2. The number of hydrogen-bond acceptors (Lipinski definition) is 2. The number of allylic oxidation sites excluding steroid dienone is 7. The molecule has 0 saturated carbocycles. The van der Waals surface area contributed by atoms with Gasteiger partial charge in [0.15, 0.2) is 0 Å². The molecular weight excluding hydrogens is 160 g/mol. The Balaban J connectivity index is 2.53. The molecule has 2 heteroatoms. The summed E-state index contributed by atoms with van der Waals surface area (Å²) in [5, 5.41) is 0. The summed E-state index contributed by atoms with van der Waals surface area (Å²) in [6.45, 7) is 0. The van der Waals surface area contributed by atoms with Crippen molar-refractivity contribution in [2.45, 2.75) is 5.66 Å². The Hall–Kier alpha value is -1.38. The molecule has 2 aliphatic carbocycles. The van der Waals surface area contributed by atoms with Crippen LogP contribution in [0, 0.1) is 0 Å². The lowest BCUT2D eigenvalue weighted by Crippen LogP contribution is -2.50. The maximum absolute atomic E-state index is 5.92. The Labute approximate surface area is 77.6 Å². The van der Waals surface area contributed by atoms with Gasteiger partial charge in [0, 0.05) is 0 Å².